The van der Waals surface area contributed by atoms with E-state index in [1.54, 1.807) is 18.7 Å². The maximum atomic E-state index is 12.0. The Bertz CT molecular complexity index is 1150. The van der Waals surface area contributed by atoms with E-state index >= 15 is 0 Å². The van der Waals surface area contributed by atoms with Gasteiger partial charge >= 0.3 is 0 Å². The second kappa shape index (κ2) is 16.9. The number of thioether (sulfide) groups is 1. The lowest BCUT2D eigenvalue weighted by Crippen LogP contribution is -2.43. The molecule has 0 radical (unpaired) electrons. The van der Waals surface area contributed by atoms with Crippen LogP contribution in [0.25, 0.3) is 11.1 Å². The molecule has 0 saturated heterocycles. The summed E-state index contributed by atoms with van der Waals surface area (Å²) in [7, 11) is 0. The second-order valence-corrected chi connectivity index (χ2v) is 13.1. The molecule has 0 aromatic heterocycles. The smallest absolute Gasteiger partial charge is 0.217 e. The summed E-state index contributed by atoms with van der Waals surface area (Å²) in [5, 5.41) is 6.83. The molecule has 5 heteroatoms. The Morgan fingerprint density at radius 1 is 0.976 bits per heavy atom. The van der Waals surface area contributed by atoms with Gasteiger partial charge in [0.25, 0.3) is 0 Å². The van der Waals surface area contributed by atoms with Crippen molar-refractivity contribution < 1.29 is 4.79 Å². The molecule has 0 heterocycles. The van der Waals surface area contributed by atoms with Gasteiger partial charge in [0.1, 0.15) is 0 Å². The molecular weight excluding hydrogens is 541 g/mol. The van der Waals surface area contributed by atoms with Crippen molar-refractivity contribution in [2.75, 3.05) is 17.8 Å². The van der Waals surface area contributed by atoms with Crippen molar-refractivity contribution in [3.05, 3.63) is 95.3 Å². The van der Waals surface area contributed by atoms with Crippen LogP contribution in [-0.4, -0.2) is 35.8 Å². The molecule has 41 heavy (non-hydrogen) atoms. The highest BCUT2D eigenvalue weighted by molar-refractivity contribution is 7.98. The van der Waals surface area contributed by atoms with Crippen LogP contribution in [0.15, 0.2) is 73.0 Å². The van der Waals surface area contributed by atoms with Crippen LogP contribution in [0.1, 0.15) is 81.5 Å². The average molecular weight is 591 g/mol. The topological polar surface area (TPSA) is 41.1 Å². The number of allylic oxidation sites excluding steroid dienone is 8. The van der Waals surface area contributed by atoms with Crippen LogP contribution in [0.5, 0.6) is 0 Å². The predicted molar refractivity (Wildman–Crippen MR) is 186 cm³/mol. The van der Waals surface area contributed by atoms with Gasteiger partial charge < -0.3 is 10.6 Å². The van der Waals surface area contributed by atoms with Gasteiger partial charge in [-0.2, -0.15) is 24.4 Å². The van der Waals surface area contributed by atoms with E-state index in [0.29, 0.717) is 5.92 Å². The van der Waals surface area contributed by atoms with E-state index in [-0.39, 0.29) is 18.0 Å². The minimum absolute atomic E-state index is 0.0310. The first kappa shape index (κ1) is 33.1. The predicted octanol–water partition coefficient (Wildman–Crippen LogP) is 8.50. The Hall–Kier alpha value is -2.37. The number of carbonyl (C=O) groups excluding carboxylic acids is 1. The molecular formula is C36H50N2OS2. The fourth-order valence-electron chi connectivity index (χ4n) is 5.63. The lowest BCUT2D eigenvalue weighted by Gasteiger charge is -2.30. The zero-order chi connectivity index (χ0) is 29.8. The van der Waals surface area contributed by atoms with E-state index in [0.717, 1.165) is 74.1 Å². The summed E-state index contributed by atoms with van der Waals surface area (Å²) < 4.78 is 0. The van der Waals surface area contributed by atoms with Gasteiger partial charge in [-0.3, -0.25) is 4.79 Å². The van der Waals surface area contributed by atoms with Gasteiger partial charge in [-0.1, -0.05) is 81.2 Å². The fourth-order valence-corrected chi connectivity index (χ4v) is 6.35. The first-order valence-electron chi connectivity index (χ1n) is 15.1. The van der Waals surface area contributed by atoms with E-state index in [1.165, 1.54) is 33.4 Å². The van der Waals surface area contributed by atoms with Crippen molar-refractivity contribution in [1.82, 2.24) is 10.6 Å². The summed E-state index contributed by atoms with van der Waals surface area (Å²) in [6, 6.07) is 4.72. The number of hydrogen-bond donors (Lipinski definition) is 3. The summed E-state index contributed by atoms with van der Waals surface area (Å²) in [6.07, 6.45) is 23.9. The van der Waals surface area contributed by atoms with Crippen LogP contribution in [0, 0.1) is 5.92 Å². The summed E-state index contributed by atoms with van der Waals surface area (Å²) >= 11 is 6.35. The van der Waals surface area contributed by atoms with Gasteiger partial charge in [-0.15, -0.1) is 0 Å². The van der Waals surface area contributed by atoms with Crippen molar-refractivity contribution in [3.63, 3.8) is 0 Å². The van der Waals surface area contributed by atoms with E-state index in [1.807, 2.05) is 0 Å². The molecule has 2 aliphatic rings. The summed E-state index contributed by atoms with van der Waals surface area (Å²) in [5.74, 6) is 2.23. The first-order chi connectivity index (χ1) is 19.7. The van der Waals surface area contributed by atoms with Gasteiger partial charge in [-0.25, -0.2) is 0 Å². The second-order valence-electron chi connectivity index (χ2n) is 11.6. The van der Waals surface area contributed by atoms with Gasteiger partial charge in [0.15, 0.2) is 0 Å². The molecule has 0 fully saturated rings. The normalized spacial score (nSPS) is 16.1. The van der Waals surface area contributed by atoms with Crippen molar-refractivity contribution in [2.24, 2.45) is 5.92 Å². The van der Waals surface area contributed by atoms with Gasteiger partial charge in [0.2, 0.25) is 5.91 Å². The zero-order valence-corrected chi connectivity index (χ0v) is 27.3. The zero-order valence-electron chi connectivity index (χ0n) is 25.6. The molecule has 1 aromatic rings. The molecule has 1 aromatic carbocycles. The molecule has 2 unspecified atom stereocenters. The molecule has 2 aliphatic carbocycles. The maximum Gasteiger partial charge on any atom is 0.217 e. The van der Waals surface area contributed by atoms with Gasteiger partial charge in [0.05, 0.1) is 6.04 Å². The van der Waals surface area contributed by atoms with Crippen molar-refractivity contribution in [3.8, 4) is 0 Å². The van der Waals surface area contributed by atoms with Crippen LogP contribution >= 0.6 is 24.4 Å². The highest BCUT2D eigenvalue weighted by Gasteiger charge is 2.23. The van der Waals surface area contributed by atoms with E-state index < -0.39 is 0 Å². The summed E-state index contributed by atoms with van der Waals surface area (Å²) in [6.45, 7) is 15.2. The van der Waals surface area contributed by atoms with E-state index in [9.17, 15) is 4.79 Å². The Balaban J connectivity index is 2.02. The van der Waals surface area contributed by atoms with E-state index in [4.69, 9.17) is 0 Å². The molecule has 0 bridgehead atoms. The summed E-state index contributed by atoms with van der Waals surface area (Å²) in [4.78, 5) is 12.0. The first-order valence-corrected chi connectivity index (χ1v) is 17.2. The van der Waals surface area contributed by atoms with Gasteiger partial charge in [0, 0.05) is 18.7 Å². The molecule has 0 aliphatic heterocycles. The standard InChI is InChI=1S/C36H50N2OS2/c1-25(2)21-36(37-27(4)35(18-20-41-6)38-28(5)39)26(3)22-34-32(30-13-9-7-10-14-30)23-29(17-19-40)24-33(34)31-15-11-8-12-16-31/h9,11,13-16,23-25,35-37,40H,3-4,7-8,10,12,17-22H2,1-2,5-6H3,(H,38,39). The van der Waals surface area contributed by atoms with Crippen molar-refractivity contribution in [1.29, 1.82) is 0 Å². The summed E-state index contributed by atoms with van der Waals surface area (Å²) in [5.41, 5.74) is 9.93. The fraction of sp³-hybridized carbons (Fsp3) is 0.472. The minimum Gasteiger partial charge on any atom is -0.381 e. The van der Waals surface area contributed by atoms with Crippen LogP contribution in [-0.2, 0) is 17.6 Å². The SMILES string of the molecule is C=C(Cc1c(C2=CCCC=C2)cc(CCS)cc1C1=CCCC=C1)C(CC(C)C)NC(=C)C(CCSC)NC(C)=O. The van der Waals surface area contributed by atoms with Gasteiger partial charge in [-0.05, 0) is 108 Å². The molecule has 2 atom stereocenters. The molecule has 0 saturated carbocycles. The van der Waals surface area contributed by atoms with Crippen LogP contribution in [0.2, 0.25) is 0 Å². The lowest BCUT2D eigenvalue weighted by molar-refractivity contribution is -0.119. The molecule has 3 nitrogen and oxygen atoms in total. The molecule has 3 rings (SSSR count). The lowest BCUT2D eigenvalue weighted by atomic mass is 9.82. The third-order valence-electron chi connectivity index (χ3n) is 7.69. The third kappa shape index (κ3) is 10.1. The van der Waals surface area contributed by atoms with E-state index in [2.05, 4.69) is 105 Å². The molecule has 0 spiro atoms. The molecule has 2 N–H and O–H groups in total. The number of hydrogen-bond acceptors (Lipinski definition) is 4. The number of benzene rings is 1. The number of amides is 1. The Labute approximate surface area is 259 Å². The van der Waals surface area contributed by atoms with Crippen LogP contribution in [0.4, 0.5) is 0 Å². The monoisotopic (exact) mass is 590 g/mol. The quantitative estimate of drug-likeness (QED) is 0.134. The molecule has 1 amide bonds. The average Bonchev–Trinajstić information content (AvgIpc) is 2.96. The van der Waals surface area contributed by atoms with Crippen molar-refractivity contribution >= 4 is 41.4 Å². The van der Waals surface area contributed by atoms with Crippen molar-refractivity contribution in [2.45, 2.75) is 84.2 Å². The Kier molecular flexibility index (Phi) is 13.7. The Morgan fingerprint density at radius 3 is 2.05 bits per heavy atom. The number of thiol groups is 1. The number of carbonyl (C=O) groups is 1. The van der Waals surface area contributed by atoms with Crippen LogP contribution < -0.4 is 10.6 Å². The third-order valence-corrected chi connectivity index (χ3v) is 8.56. The minimum atomic E-state index is -0.107. The number of rotatable bonds is 16. The van der Waals surface area contributed by atoms with Crippen LogP contribution in [0.3, 0.4) is 0 Å². The molecule has 222 valence electrons. The Morgan fingerprint density at radius 2 is 1.59 bits per heavy atom. The number of aryl methyl sites for hydroxylation is 1. The highest BCUT2D eigenvalue weighted by Crippen LogP contribution is 2.36. The largest absolute Gasteiger partial charge is 0.381 e. The number of nitrogens with one attached hydrogen (secondary N) is 2. The maximum absolute atomic E-state index is 12.0. The highest BCUT2D eigenvalue weighted by atomic mass is 32.2.